The van der Waals surface area contributed by atoms with Crippen LogP contribution in [0, 0.1) is 0 Å². The van der Waals surface area contributed by atoms with Gasteiger partial charge < -0.3 is 9.64 Å². The number of Topliss-reactive ketones (excluding diaryl/α,β-unsaturated/α-hetero) is 1. The summed E-state index contributed by atoms with van der Waals surface area (Å²) in [7, 11) is 4.01. The van der Waals surface area contributed by atoms with Crippen molar-refractivity contribution in [2.24, 2.45) is 0 Å². The number of nitrogens with zero attached hydrogens (tertiary/aromatic N) is 2. The maximum Gasteiger partial charge on any atom is 0.183 e. The number of carbonyl (C=O) groups excluding carboxylic acids is 1. The Bertz CT molecular complexity index is 737. The molecule has 0 aliphatic carbocycles. The molecule has 1 saturated heterocycles. The van der Waals surface area contributed by atoms with Crippen molar-refractivity contribution in [3.05, 3.63) is 65.7 Å². The van der Waals surface area contributed by atoms with Gasteiger partial charge in [-0.05, 0) is 44.6 Å². The number of rotatable bonds is 7. The van der Waals surface area contributed by atoms with E-state index in [1.807, 2.05) is 44.4 Å². The molecule has 0 N–H and O–H groups in total. The number of likely N-dealkylation sites (N-methyl/N-ethyl adjacent to an activating group) is 1. The lowest BCUT2D eigenvalue weighted by Crippen LogP contribution is -2.52. The highest BCUT2D eigenvalue weighted by molar-refractivity contribution is 6.03. The van der Waals surface area contributed by atoms with E-state index >= 15 is 0 Å². The first-order valence-corrected chi connectivity index (χ1v) is 9.76. The fourth-order valence-corrected chi connectivity index (χ4v) is 3.89. The van der Waals surface area contributed by atoms with E-state index in [0.29, 0.717) is 6.42 Å². The average Bonchev–Trinajstić information content (AvgIpc) is 2.73. The van der Waals surface area contributed by atoms with Gasteiger partial charge in [-0.3, -0.25) is 9.69 Å². The summed E-state index contributed by atoms with van der Waals surface area (Å²) in [6.45, 7) is 5.54. The third-order valence-corrected chi connectivity index (χ3v) is 5.71. The lowest BCUT2D eigenvalue weighted by atomic mass is 9.80. The number of ether oxygens (including phenoxy) is 1. The Kier molecular flexibility index (Phi) is 6.30. The molecule has 0 saturated carbocycles. The molecule has 1 unspecified atom stereocenters. The van der Waals surface area contributed by atoms with Crippen molar-refractivity contribution >= 4 is 11.5 Å². The summed E-state index contributed by atoms with van der Waals surface area (Å²) in [6, 6.07) is 18.3. The average molecular weight is 367 g/mol. The molecule has 1 aliphatic rings. The monoisotopic (exact) mass is 366 g/mol. The second kappa shape index (κ2) is 8.68. The van der Waals surface area contributed by atoms with Gasteiger partial charge in [0.15, 0.2) is 5.78 Å². The summed E-state index contributed by atoms with van der Waals surface area (Å²) >= 11 is 0. The van der Waals surface area contributed by atoms with Crippen LogP contribution in [0.25, 0.3) is 0 Å². The molecule has 4 heteroatoms. The fraction of sp³-hybridized carbons (Fsp3) is 0.435. The first kappa shape index (κ1) is 19.6. The number of anilines is 1. The SMILES string of the molecule is CCC(Cc1ccc(N2CCOCC2)cc1)(C(=O)c1ccccc1)N(C)C. The van der Waals surface area contributed by atoms with Crippen molar-refractivity contribution in [3.63, 3.8) is 0 Å². The highest BCUT2D eigenvalue weighted by Gasteiger charge is 2.39. The molecule has 1 fully saturated rings. The van der Waals surface area contributed by atoms with Crippen LogP contribution in [0.15, 0.2) is 54.6 Å². The van der Waals surface area contributed by atoms with Crippen LogP contribution in [-0.4, -0.2) is 56.6 Å². The smallest absolute Gasteiger partial charge is 0.183 e. The quantitative estimate of drug-likeness (QED) is 0.700. The Labute approximate surface area is 162 Å². The van der Waals surface area contributed by atoms with Crippen molar-refractivity contribution in [2.75, 3.05) is 45.3 Å². The predicted molar refractivity (Wildman–Crippen MR) is 111 cm³/mol. The number of morpholine rings is 1. The van der Waals surface area contributed by atoms with Crippen molar-refractivity contribution in [1.82, 2.24) is 4.90 Å². The molecule has 0 spiro atoms. The van der Waals surface area contributed by atoms with Gasteiger partial charge in [0.25, 0.3) is 0 Å². The fourth-order valence-electron chi connectivity index (χ4n) is 3.89. The summed E-state index contributed by atoms with van der Waals surface area (Å²) in [5, 5.41) is 0. The number of hydrogen-bond donors (Lipinski definition) is 0. The Morgan fingerprint density at radius 2 is 1.67 bits per heavy atom. The van der Waals surface area contributed by atoms with Crippen molar-refractivity contribution in [3.8, 4) is 0 Å². The molecule has 144 valence electrons. The van der Waals surface area contributed by atoms with E-state index in [9.17, 15) is 4.79 Å². The highest BCUT2D eigenvalue weighted by atomic mass is 16.5. The van der Waals surface area contributed by atoms with E-state index in [1.165, 1.54) is 11.3 Å². The molecule has 1 heterocycles. The molecule has 2 aromatic carbocycles. The van der Waals surface area contributed by atoms with Crippen molar-refractivity contribution in [2.45, 2.75) is 25.3 Å². The zero-order valence-electron chi connectivity index (χ0n) is 16.6. The van der Waals surface area contributed by atoms with E-state index in [-0.39, 0.29) is 5.78 Å². The van der Waals surface area contributed by atoms with Gasteiger partial charge >= 0.3 is 0 Å². The lowest BCUT2D eigenvalue weighted by Gasteiger charge is -2.38. The third-order valence-electron chi connectivity index (χ3n) is 5.71. The van der Waals surface area contributed by atoms with Crippen LogP contribution in [0.3, 0.4) is 0 Å². The maximum atomic E-state index is 13.4. The van der Waals surface area contributed by atoms with Crippen LogP contribution in [0.1, 0.15) is 29.3 Å². The first-order chi connectivity index (χ1) is 13.1. The summed E-state index contributed by atoms with van der Waals surface area (Å²) in [5.41, 5.74) is 2.65. The summed E-state index contributed by atoms with van der Waals surface area (Å²) in [4.78, 5) is 17.8. The van der Waals surface area contributed by atoms with Gasteiger partial charge in [0.2, 0.25) is 0 Å². The first-order valence-electron chi connectivity index (χ1n) is 9.76. The largest absolute Gasteiger partial charge is 0.378 e. The van der Waals surface area contributed by atoms with Gasteiger partial charge in [-0.2, -0.15) is 0 Å². The van der Waals surface area contributed by atoms with E-state index in [2.05, 4.69) is 41.0 Å². The summed E-state index contributed by atoms with van der Waals surface area (Å²) < 4.78 is 5.44. The Morgan fingerprint density at radius 3 is 2.22 bits per heavy atom. The second-order valence-electron chi connectivity index (χ2n) is 7.42. The Morgan fingerprint density at radius 1 is 1.04 bits per heavy atom. The highest BCUT2D eigenvalue weighted by Crippen LogP contribution is 2.28. The van der Waals surface area contributed by atoms with E-state index in [0.717, 1.165) is 38.3 Å². The molecule has 0 amide bonds. The van der Waals surface area contributed by atoms with Gasteiger partial charge in [-0.25, -0.2) is 0 Å². The van der Waals surface area contributed by atoms with Gasteiger partial charge in [0.05, 0.1) is 18.8 Å². The maximum absolute atomic E-state index is 13.4. The van der Waals surface area contributed by atoms with Crippen LogP contribution in [-0.2, 0) is 11.2 Å². The second-order valence-corrected chi connectivity index (χ2v) is 7.42. The van der Waals surface area contributed by atoms with Gasteiger partial charge in [-0.1, -0.05) is 49.4 Å². The molecule has 0 bridgehead atoms. The minimum Gasteiger partial charge on any atom is -0.378 e. The predicted octanol–water partition coefficient (Wildman–Crippen LogP) is 3.66. The molecular formula is C23H30N2O2. The molecule has 3 rings (SSSR count). The molecule has 27 heavy (non-hydrogen) atoms. The Balaban J connectivity index is 1.83. The van der Waals surface area contributed by atoms with Crippen LogP contribution >= 0.6 is 0 Å². The van der Waals surface area contributed by atoms with Crippen LogP contribution in [0.4, 0.5) is 5.69 Å². The number of carbonyl (C=O) groups is 1. The van der Waals surface area contributed by atoms with Crippen LogP contribution in [0.2, 0.25) is 0 Å². The third kappa shape index (κ3) is 4.23. The molecule has 1 aliphatic heterocycles. The topological polar surface area (TPSA) is 32.8 Å². The number of hydrogen-bond acceptors (Lipinski definition) is 4. The Hall–Kier alpha value is -2.17. The summed E-state index contributed by atoms with van der Waals surface area (Å²) in [6.07, 6.45) is 1.46. The van der Waals surface area contributed by atoms with Gasteiger partial charge in [0, 0.05) is 24.3 Å². The molecular weight excluding hydrogens is 336 g/mol. The zero-order chi connectivity index (χ0) is 19.3. The van der Waals surface area contributed by atoms with E-state index in [1.54, 1.807) is 0 Å². The zero-order valence-corrected chi connectivity index (χ0v) is 16.6. The minimum atomic E-state index is -0.540. The van der Waals surface area contributed by atoms with Crippen LogP contribution < -0.4 is 4.90 Å². The van der Waals surface area contributed by atoms with E-state index in [4.69, 9.17) is 4.74 Å². The standard InChI is InChI=1S/C23H30N2O2/c1-4-23(24(2)3,22(26)20-8-6-5-7-9-20)18-19-10-12-21(13-11-19)25-14-16-27-17-15-25/h5-13H,4,14-18H2,1-3H3. The molecule has 2 aromatic rings. The molecule has 4 nitrogen and oxygen atoms in total. The molecule has 0 radical (unpaired) electrons. The van der Waals surface area contributed by atoms with Gasteiger partial charge in [0.1, 0.15) is 0 Å². The minimum absolute atomic E-state index is 0.188. The van der Waals surface area contributed by atoms with Crippen molar-refractivity contribution < 1.29 is 9.53 Å². The molecule has 0 aromatic heterocycles. The molecule has 1 atom stereocenters. The lowest BCUT2D eigenvalue weighted by molar-refractivity contribution is 0.0666. The summed E-state index contributed by atoms with van der Waals surface area (Å²) in [5.74, 6) is 0.188. The van der Waals surface area contributed by atoms with E-state index < -0.39 is 5.54 Å². The normalized spacial score (nSPS) is 17.0. The number of benzene rings is 2. The van der Waals surface area contributed by atoms with Gasteiger partial charge in [-0.15, -0.1) is 0 Å². The van der Waals surface area contributed by atoms with Crippen LogP contribution in [0.5, 0.6) is 0 Å². The van der Waals surface area contributed by atoms with Crippen molar-refractivity contribution in [1.29, 1.82) is 0 Å². The number of ketones is 1.